The molecule has 1 N–H and O–H groups in total. The first-order valence-corrected chi connectivity index (χ1v) is 11.0. The second-order valence-electron chi connectivity index (χ2n) is 6.73. The van der Waals surface area contributed by atoms with E-state index in [0.29, 0.717) is 28.4 Å². The number of ether oxygens (including phenoxy) is 2. The molecule has 0 heterocycles. The van der Waals surface area contributed by atoms with Crippen LogP contribution in [-0.4, -0.2) is 28.5 Å². The lowest BCUT2D eigenvalue weighted by Crippen LogP contribution is -2.30. The molecule has 0 aliphatic carbocycles. The van der Waals surface area contributed by atoms with E-state index in [-0.39, 0.29) is 17.3 Å². The predicted octanol–water partition coefficient (Wildman–Crippen LogP) is 4.06. The van der Waals surface area contributed by atoms with Gasteiger partial charge in [-0.1, -0.05) is 24.3 Å². The Morgan fingerprint density at radius 3 is 2.29 bits per heavy atom. The van der Waals surface area contributed by atoms with E-state index in [1.807, 2.05) is 18.2 Å². The standard InChI is InChI=1S/C23H24N2O5S/c1-17(26)24-19-11-13-22(14-12-19)31(27,28)25(20-8-6-9-21(15-20)29-2)16-18-7-4-5-10-23(18)30-3/h4-15H,16H2,1-3H3,(H,24,26). The maximum Gasteiger partial charge on any atom is 0.264 e. The van der Waals surface area contributed by atoms with Gasteiger partial charge in [-0.3, -0.25) is 9.10 Å². The normalized spacial score (nSPS) is 10.9. The lowest BCUT2D eigenvalue weighted by molar-refractivity contribution is -0.114. The van der Waals surface area contributed by atoms with Crippen molar-refractivity contribution in [3.63, 3.8) is 0 Å². The summed E-state index contributed by atoms with van der Waals surface area (Å²) in [5, 5.41) is 2.63. The number of nitrogens with zero attached hydrogens (tertiary/aromatic N) is 1. The fourth-order valence-electron chi connectivity index (χ4n) is 3.11. The van der Waals surface area contributed by atoms with Crippen molar-refractivity contribution in [2.75, 3.05) is 23.8 Å². The third-order valence-corrected chi connectivity index (χ3v) is 6.40. The van der Waals surface area contributed by atoms with Gasteiger partial charge in [0.05, 0.1) is 31.3 Å². The zero-order valence-corrected chi connectivity index (χ0v) is 18.3. The second-order valence-corrected chi connectivity index (χ2v) is 8.59. The van der Waals surface area contributed by atoms with Crippen LogP contribution in [0.15, 0.2) is 77.7 Å². The Bertz CT molecular complexity index is 1160. The van der Waals surface area contributed by atoms with Crippen LogP contribution < -0.4 is 19.1 Å². The predicted molar refractivity (Wildman–Crippen MR) is 120 cm³/mol. The second kappa shape index (κ2) is 9.53. The molecule has 0 aliphatic heterocycles. The molecule has 162 valence electrons. The van der Waals surface area contributed by atoms with Gasteiger partial charge in [0.15, 0.2) is 0 Å². The number of carbonyl (C=O) groups is 1. The Labute approximate surface area is 182 Å². The molecule has 3 aromatic rings. The molecular formula is C23H24N2O5S. The summed E-state index contributed by atoms with van der Waals surface area (Å²) in [5.41, 5.74) is 1.69. The van der Waals surface area contributed by atoms with Crippen molar-refractivity contribution in [1.82, 2.24) is 0 Å². The monoisotopic (exact) mass is 440 g/mol. The summed E-state index contributed by atoms with van der Waals surface area (Å²) < 4.78 is 39.3. The van der Waals surface area contributed by atoms with Gasteiger partial charge in [0.2, 0.25) is 5.91 Å². The van der Waals surface area contributed by atoms with Crippen LogP contribution in [0.3, 0.4) is 0 Å². The van der Waals surface area contributed by atoms with Crippen molar-refractivity contribution in [3.8, 4) is 11.5 Å². The maximum atomic E-state index is 13.6. The van der Waals surface area contributed by atoms with Gasteiger partial charge < -0.3 is 14.8 Å². The van der Waals surface area contributed by atoms with Crippen LogP contribution in [0.25, 0.3) is 0 Å². The van der Waals surface area contributed by atoms with E-state index in [9.17, 15) is 13.2 Å². The number of carbonyl (C=O) groups excluding carboxylic acids is 1. The first kappa shape index (κ1) is 22.2. The number of methoxy groups -OCH3 is 2. The third kappa shape index (κ3) is 5.16. The highest BCUT2D eigenvalue weighted by molar-refractivity contribution is 7.92. The van der Waals surface area contributed by atoms with E-state index in [1.54, 1.807) is 49.6 Å². The van der Waals surface area contributed by atoms with Gasteiger partial charge in [0.1, 0.15) is 11.5 Å². The molecule has 0 saturated carbocycles. The number of nitrogens with one attached hydrogen (secondary N) is 1. The largest absolute Gasteiger partial charge is 0.497 e. The Balaban J connectivity index is 2.06. The number of amides is 1. The van der Waals surface area contributed by atoms with Crippen molar-refractivity contribution < 1.29 is 22.7 Å². The highest BCUT2D eigenvalue weighted by Gasteiger charge is 2.26. The van der Waals surface area contributed by atoms with Gasteiger partial charge in [-0.25, -0.2) is 8.42 Å². The number of anilines is 2. The van der Waals surface area contributed by atoms with E-state index >= 15 is 0 Å². The van der Waals surface area contributed by atoms with E-state index in [4.69, 9.17) is 9.47 Å². The molecule has 0 saturated heterocycles. The van der Waals surface area contributed by atoms with Crippen LogP contribution >= 0.6 is 0 Å². The molecule has 8 heteroatoms. The van der Waals surface area contributed by atoms with Gasteiger partial charge in [-0.05, 0) is 42.5 Å². The zero-order valence-electron chi connectivity index (χ0n) is 17.5. The Kier molecular flexibility index (Phi) is 6.81. The summed E-state index contributed by atoms with van der Waals surface area (Å²) >= 11 is 0. The van der Waals surface area contributed by atoms with Crippen LogP contribution in [0.4, 0.5) is 11.4 Å². The SMILES string of the molecule is COc1cccc(N(Cc2ccccc2OC)S(=O)(=O)c2ccc(NC(C)=O)cc2)c1. The van der Waals surface area contributed by atoms with Crippen molar-refractivity contribution in [2.45, 2.75) is 18.4 Å². The van der Waals surface area contributed by atoms with E-state index in [2.05, 4.69) is 5.32 Å². The number of benzene rings is 3. The smallest absolute Gasteiger partial charge is 0.264 e. The van der Waals surface area contributed by atoms with Gasteiger partial charge in [-0.15, -0.1) is 0 Å². The molecule has 0 atom stereocenters. The molecule has 0 radical (unpaired) electrons. The molecule has 0 fully saturated rings. The first-order chi connectivity index (χ1) is 14.8. The molecule has 0 aromatic heterocycles. The number of para-hydroxylation sites is 1. The van der Waals surface area contributed by atoms with Crippen LogP contribution in [0.1, 0.15) is 12.5 Å². The van der Waals surface area contributed by atoms with Crippen molar-refractivity contribution >= 4 is 27.3 Å². The minimum Gasteiger partial charge on any atom is -0.497 e. The molecule has 3 rings (SSSR count). The van der Waals surface area contributed by atoms with Crippen LogP contribution in [0.5, 0.6) is 11.5 Å². The average molecular weight is 441 g/mol. The summed E-state index contributed by atoms with van der Waals surface area (Å²) in [5.74, 6) is 0.898. The average Bonchev–Trinajstić information content (AvgIpc) is 2.77. The molecule has 0 aliphatic rings. The highest BCUT2D eigenvalue weighted by Crippen LogP contribution is 2.31. The minimum atomic E-state index is -3.94. The van der Waals surface area contributed by atoms with Crippen molar-refractivity contribution in [2.24, 2.45) is 0 Å². The fourth-order valence-corrected chi connectivity index (χ4v) is 4.54. The van der Waals surface area contributed by atoms with Gasteiger partial charge in [-0.2, -0.15) is 0 Å². The number of rotatable bonds is 8. The molecule has 1 amide bonds. The summed E-state index contributed by atoms with van der Waals surface area (Å²) in [4.78, 5) is 11.3. The van der Waals surface area contributed by atoms with Crippen LogP contribution in [0.2, 0.25) is 0 Å². The zero-order chi connectivity index (χ0) is 22.4. The minimum absolute atomic E-state index is 0.0625. The topological polar surface area (TPSA) is 84.9 Å². The Morgan fingerprint density at radius 1 is 0.935 bits per heavy atom. The van der Waals surface area contributed by atoms with Gasteiger partial charge in [0, 0.05) is 24.2 Å². The Morgan fingerprint density at radius 2 is 1.65 bits per heavy atom. The van der Waals surface area contributed by atoms with E-state index in [1.165, 1.54) is 30.5 Å². The maximum absolute atomic E-state index is 13.6. The van der Waals surface area contributed by atoms with Crippen molar-refractivity contribution in [1.29, 1.82) is 0 Å². The van der Waals surface area contributed by atoms with Crippen LogP contribution in [-0.2, 0) is 21.4 Å². The van der Waals surface area contributed by atoms with E-state index in [0.717, 1.165) is 0 Å². The molecule has 0 bridgehead atoms. The lowest BCUT2D eigenvalue weighted by atomic mass is 10.2. The van der Waals surface area contributed by atoms with Gasteiger partial charge >= 0.3 is 0 Å². The molecule has 3 aromatic carbocycles. The summed E-state index contributed by atoms with van der Waals surface area (Å²) in [7, 11) is -0.866. The van der Waals surface area contributed by atoms with Crippen LogP contribution in [0, 0.1) is 0 Å². The van der Waals surface area contributed by atoms with E-state index < -0.39 is 10.0 Å². The number of hydrogen-bond donors (Lipinski definition) is 1. The lowest BCUT2D eigenvalue weighted by Gasteiger charge is -2.26. The quantitative estimate of drug-likeness (QED) is 0.571. The van der Waals surface area contributed by atoms with Gasteiger partial charge in [0.25, 0.3) is 10.0 Å². The third-order valence-electron chi connectivity index (χ3n) is 4.61. The molecule has 0 spiro atoms. The molecular weight excluding hydrogens is 416 g/mol. The summed E-state index contributed by atoms with van der Waals surface area (Å²) in [6.07, 6.45) is 0. The molecule has 0 unspecified atom stereocenters. The number of sulfonamides is 1. The van der Waals surface area contributed by atoms with Crippen molar-refractivity contribution in [3.05, 3.63) is 78.4 Å². The Hall–Kier alpha value is -3.52. The fraction of sp³-hybridized carbons (Fsp3) is 0.174. The molecule has 7 nitrogen and oxygen atoms in total. The highest BCUT2D eigenvalue weighted by atomic mass is 32.2. The summed E-state index contributed by atoms with van der Waals surface area (Å²) in [6, 6.07) is 20.2. The first-order valence-electron chi connectivity index (χ1n) is 9.51. The number of hydrogen-bond acceptors (Lipinski definition) is 5. The summed E-state index contributed by atoms with van der Waals surface area (Å²) in [6.45, 7) is 1.45. The molecule has 31 heavy (non-hydrogen) atoms.